The van der Waals surface area contributed by atoms with E-state index in [-0.39, 0.29) is 12.2 Å². The Morgan fingerprint density at radius 2 is 1.85 bits per heavy atom. The minimum absolute atomic E-state index is 0.0136. The summed E-state index contributed by atoms with van der Waals surface area (Å²) in [5, 5.41) is 13.1. The highest BCUT2D eigenvalue weighted by atomic mass is 79.9. The summed E-state index contributed by atoms with van der Waals surface area (Å²) in [6.07, 6.45) is -0.221. The van der Waals surface area contributed by atoms with Crippen molar-refractivity contribution in [3.05, 3.63) is 28.2 Å². The normalized spacial score (nSPS) is 18.9. The van der Waals surface area contributed by atoms with E-state index in [1.54, 1.807) is 6.07 Å². The van der Waals surface area contributed by atoms with Gasteiger partial charge in [-0.1, -0.05) is 35.2 Å². The van der Waals surface area contributed by atoms with Crippen LogP contribution in [0.3, 0.4) is 0 Å². The molecular formula is C14H17BrF3NO. The lowest BCUT2D eigenvalue weighted by Crippen LogP contribution is -2.39. The molecule has 1 fully saturated rings. The quantitative estimate of drug-likeness (QED) is 0.835. The Labute approximate surface area is 124 Å². The van der Waals surface area contributed by atoms with Gasteiger partial charge in [0.2, 0.25) is 0 Å². The number of rotatable bonds is 3. The van der Waals surface area contributed by atoms with Gasteiger partial charge in [0.25, 0.3) is 0 Å². The van der Waals surface area contributed by atoms with Crippen molar-refractivity contribution in [2.75, 3.05) is 11.9 Å². The molecule has 2 nitrogen and oxygen atoms in total. The van der Waals surface area contributed by atoms with Gasteiger partial charge >= 0.3 is 6.18 Å². The Morgan fingerprint density at radius 1 is 1.20 bits per heavy atom. The van der Waals surface area contributed by atoms with E-state index >= 15 is 0 Å². The highest BCUT2D eigenvalue weighted by Gasteiger charge is 2.35. The van der Waals surface area contributed by atoms with Crippen molar-refractivity contribution in [3.63, 3.8) is 0 Å². The zero-order valence-electron chi connectivity index (χ0n) is 10.9. The molecule has 1 aliphatic rings. The van der Waals surface area contributed by atoms with Crippen molar-refractivity contribution in [2.24, 2.45) is 0 Å². The molecule has 0 amide bonds. The van der Waals surface area contributed by atoms with Gasteiger partial charge in [-0.3, -0.25) is 0 Å². The van der Waals surface area contributed by atoms with Crippen LogP contribution in [0, 0.1) is 0 Å². The minimum atomic E-state index is -4.42. The van der Waals surface area contributed by atoms with Gasteiger partial charge in [-0.2, -0.15) is 13.2 Å². The third-order valence-corrected chi connectivity index (χ3v) is 4.17. The van der Waals surface area contributed by atoms with E-state index < -0.39 is 17.3 Å². The average Bonchev–Trinajstić information content (AvgIpc) is 2.37. The van der Waals surface area contributed by atoms with Gasteiger partial charge in [-0.15, -0.1) is 0 Å². The predicted molar refractivity (Wildman–Crippen MR) is 75.7 cm³/mol. The molecule has 6 heteroatoms. The molecule has 1 saturated carbocycles. The van der Waals surface area contributed by atoms with Crippen LogP contribution >= 0.6 is 15.9 Å². The fourth-order valence-corrected chi connectivity index (χ4v) is 2.91. The molecule has 1 aromatic rings. The van der Waals surface area contributed by atoms with Gasteiger partial charge in [0.1, 0.15) is 0 Å². The van der Waals surface area contributed by atoms with Crippen LogP contribution in [-0.4, -0.2) is 17.3 Å². The van der Waals surface area contributed by atoms with Gasteiger partial charge in [0.05, 0.1) is 11.2 Å². The number of aliphatic hydroxyl groups is 1. The molecule has 0 aliphatic heterocycles. The zero-order chi connectivity index (χ0) is 14.8. The summed E-state index contributed by atoms with van der Waals surface area (Å²) in [5.74, 6) is 0. The van der Waals surface area contributed by atoms with Gasteiger partial charge in [0.15, 0.2) is 0 Å². The summed E-state index contributed by atoms with van der Waals surface area (Å²) in [4.78, 5) is 0. The first-order valence-electron chi connectivity index (χ1n) is 6.63. The number of benzene rings is 1. The number of alkyl halides is 3. The fraction of sp³-hybridized carbons (Fsp3) is 0.571. The molecule has 2 N–H and O–H groups in total. The Balaban J connectivity index is 2.13. The fourth-order valence-electron chi connectivity index (χ4n) is 2.55. The molecule has 20 heavy (non-hydrogen) atoms. The van der Waals surface area contributed by atoms with E-state index in [4.69, 9.17) is 0 Å². The maximum absolute atomic E-state index is 13.0. The maximum atomic E-state index is 13.0. The standard InChI is InChI=1S/C14H17BrF3NO/c15-10-4-5-12(11(8-10)14(16,17)18)19-9-13(20)6-2-1-3-7-13/h4-5,8,19-20H,1-3,6-7,9H2. The van der Waals surface area contributed by atoms with E-state index in [0.717, 1.165) is 25.3 Å². The molecule has 0 spiro atoms. The van der Waals surface area contributed by atoms with Gasteiger partial charge in [-0.25, -0.2) is 0 Å². The summed E-state index contributed by atoms with van der Waals surface area (Å²) < 4.78 is 39.3. The Kier molecular flexibility index (Phi) is 4.64. The zero-order valence-corrected chi connectivity index (χ0v) is 12.5. The lowest BCUT2D eigenvalue weighted by molar-refractivity contribution is -0.137. The summed E-state index contributed by atoms with van der Waals surface area (Å²) in [7, 11) is 0. The number of hydrogen-bond acceptors (Lipinski definition) is 2. The smallest absolute Gasteiger partial charge is 0.388 e. The van der Waals surface area contributed by atoms with Crippen molar-refractivity contribution in [2.45, 2.75) is 43.9 Å². The second kappa shape index (κ2) is 5.93. The van der Waals surface area contributed by atoms with E-state index in [2.05, 4.69) is 21.2 Å². The Hall–Kier alpha value is -0.750. The molecule has 0 bridgehead atoms. The van der Waals surface area contributed by atoms with Gasteiger partial charge < -0.3 is 10.4 Å². The molecule has 0 aromatic heterocycles. The van der Waals surface area contributed by atoms with Gasteiger partial charge in [-0.05, 0) is 31.0 Å². The van der Waals surface area contributed by atoms with Crippen molar-refractivity contribution in [3.8, 4) is 0 Å². The average molecular weight is 352 g/mol. The number of nitrogens with one attached hydrogen (secondary N) is 1. The molecule has 2 rings (SSSR count). The van der Waals surface area contributed by atoms with Crippen LogP contribution in [0.4, 0.5) is 18.9 Å². The number of anilines is 1. The van der Waals surface area contributed by atoms with Crippen LogP contribution in [0.1, 0.15) is 37.7 Å². The van der Waals surface area contributed by atoms with E-state index in [9.17, 15) is 18.3 Å². The first-order valence-corrected chi connectivity index (χ1v) is 7.42. The SMILES string of the molecule is OC1(CNc2ccc(Br)cc2C(F)(F)F)CCCCC1. The van der Waals surface area contributed by atoms with Crippen LogP contribution in [0.15, 0.2) is 22.7 Å². The first-order chi connectivity index (χ1) is 9.30. The number of hydrogen-bond donors (Lipinski definition) is 2. The predicted octanol–water partition coefficient (Wildman–Crippen LogP) is 4.58. The van der Waals surface area contributed by atoms with Crippen LogP contribution in [0.2, 0.25) is 0 Å². The third-order valence-electron chi connectivity index (χ3n) is 3.68. The minimum Gasteiger partial charge on any atom is -0.388 e. The second-order valence-electron chi connectivity index (χ2n) is 5.33. The van der Waals surface area contributed by atoms with Crippen molar-refractivity contribution in [1.29, 1.82) is 0 Å². The van der Waals surface area contributed by atoms with E-state index in [1.807, 2.05) is 0 Å². The van der Waals surface area contributed by atoms with E-state index in [0.29, 0.717) is 17.3 Å². The molecule has 0 atom stereocenters. The third kappa shape index (κ3) is 3.88. The molecule has 0 unspecified atom stereocenters. The first kappa shape index (κ1) is 15.6. The lowest BCUT2D eigenvalue weighted by Gasteiger charge is -2.32. The van der Waals surface area contributed by atoms with Crippen molar-refractivity contribution >= 4 is 21.6 Å². The Morgan fingerprint density at radius 3 is 2.45 bits per heavy atom. The molecule has 1 aliphatic carbocycles. The summed E-state index contributed by atoms with van der Waals surface area (Å²) in [5.41, 5.74) is -1.60. The highest BCUT2D eigenvalue weighted by Crippen LogP contribution is 2.37. The molecule has 0 radical (unpaired) electrons. The molecule has 0 heterocycles. The lowest BCUT2D eigenvalue weighted by atomic mass is 9.85. The summed E-state index contributed by atoms with van der Waals surface area (Å²) >= 11 is 3.05. The van der Waals surface area contributed by atoms with Crippen molar-refractivity contribution in [1.82, 2.24) is 0 Å². The molecule has 1 aromatic carbocycles. The summed E-state index contributed by atoms with van der Waals surface area (Å²) in [6.45, 7) is 0.151. The summed E-state index contributed by atoms with van der Waals surface area (Å²) in [6, 6.07) is 3.99. The van der Waals surface area contributed by atoms with Crippen molar-refractivity contribution < 1.29 is 18.3 Å². The molecule has 0 saturated heterocycles. The molecule has 112 valence electrons. The monoisotopic (exact) mass is 351 g/mol. The van der Waals surface area contributed by atoms with Crippen LogP contribution in [0.25, 0.3) is 0 Å². The van der Waals surface area contributed by atoms with Crippen LogP contribution in [-0.2, 0) is 6.18 Å². The largest absolute Gasteiger partial charge is 0.418 e. The number of halogens is 4. The van der Waals surface area contributed by atoms with Gasteiger partial charge in [0, 0.05) is 16.7 Å². The second-order valence-corrected chi connectivity index (χ2v) is 6.24. The van der Waals surface area contributed by atoms with Crippen LogP contribution in [0.5, 0.6) is 0 Å². The highest BCUT2D eigenvalue weighted by molar-refractivity contribution is 9.10. The topological polar surface area (TPSA) is 32.3 Å². The van der Waals surface area contributed by atoms with Crippen LogP contribution < -0.4 is 5.32 Å². The molecular weight excluding hydrogens is 335 g/mol. The Bertz CT molecular complexity index is 470. The van der Waals surface area contributed by atoms with E-state index in [1.165, 1.54) is 6.07 Å². The maximum Gasteiger partial charge on any atom is 0.418 e.